The summed E-state index contributed by atoms with van der Waals surface area (Å²) in [6, 6.07) is 30.0. The maximum Gasteiger partial charge on any atom is 0.264 e. The Morgan fingerprint density at radius 3 is 2.04 bits per heavy atom. The summed E-state index contributed by atoms with van der Waals surface area (Å²) in [6.07, 6.45) is 0.212. The van der Waals surface area contributed by atoms with Gasteiger partial charge in [0.2, 0.25) is 11.8 Å². The summed E-state index contributed by atoms with van der Waals surface area (Å²) in [6.45, 7) is 7.38. The molecule has 0 fully saturated rings. The molecule has 0 aliphatic rings. The molecule has 10 heteroatoms. The first kappa shape index (κ1) is 34.5. The predicted molar refractivity (Wildman–Crippen MR) is 182 cm³/mol. The number of ether oxygens (including phenoxy) is 1. The van der Waals surface area contributed by atoms with Crippen LogP contribution in [-0.2, 0) is 32.6 Å². The van der Waals surface area contributed by atoms with Crippen LogP contribution in [0.2, 0.25) is 5.02 Å². The fourth-order valence-corrected chi connectivity index (χ4v) is 6.61. The highest BCUT2D eigenvalue weighted by Crippen LogP contribution is 2.27. The second-order valence-electron chi connectivity index (χ2n) is 11.8. The Balaban J connectivity index is 1.81. The van der Waals surface area contributed by atoms with Gasteiger partial charge in [-0.2, -0.15) is 0 Å². The fraction of sp³-hybridized carbons (Fsp3) is 0.278. The van der Waals surface area contributed by atoms with E-state index in [0.29, 0.717) is 22.9 Å². The third kappa shape index (κ3) is 9.34. The quantitative estimate of drug-likeness (QED) is 0.177. The lowest BCUT2D eigenvalue weighted by atomic mass is 10.0. The van der Waals surface area contributed by atoms with E-state index in [4.69, 9.17) is 16.3 Å². The van der Waals surface area contributed by atoms with Crippen LogP contribution in [0.1, 0.15) is 38.8 Å². The second kappa shape index (κ2) is 15.3. The predicted octanol–water partition coefficient (Wildman–Crippen LogP) is 6.49. The zero-order valence-corrected chi connectivity index (χ0v) is 28.1. The van der Waals surface area contributed by atoms with Crippen molar-refractivity contribution in [2.75, 3.05) is 17.5 Å². The molecule has 0 saturated carbocycles. The van der Waals surface area contributed by atoms with Gasteiger partial charge in [-0.3, -0.25) is 13.9 Å². The number of carbonyl (C=O) groups excluding carboxylic acids is 2. The molecule has 0 unspecified atom stereocenters. The molecule has 8 nitrogen and oxygen atoms in total. The van der Waals surface area contributed by atoms with Crippen molar-refractivity contribution < 1.29 is 22.7 Å². The molecule has 0 aliphatic carbocycles. The third-order valence-corrected chi connectivity index (χ3v) is 9.08. The number of nitrogens with zero attached hydrogens (tertiary/aromatic N) is 2. The second-order valence-corrected chi connectivity index (χ2v) is 14.1. The van der Waals surface area contributed by atoms with Crippen LogP contribution in [0.4, 0.5) is 5.69 Å². The van der Waals surface area contributed by atoms with Gasteiger partial charge >= 0.3 is 0 Å². The first-order valence-electron chi connectivity index (χ1n) is 15.1. The van der Waals surface area contributed by atoms with Gasteiger partial charge in [-0.15, -0.1) is 0 Å². The smallest absolute Gasteiger partial charge is 0.264 e. The summed E-state index contributed by atoms with van der Waals surface area (Å²) < 4.78 is 34.9. The number of rotatable bonds is 13. The Kier molecular flexibility index (Phi) is 11.5. The van der Waals surface area contributed by atoms with Crippen molar-refractivity contribution in [3.8, 4) is 5.75 Å². The van der Waals surface area contributed by atoms with Crippen molar-refractivity contribution in [1.82, 2.24) is 10.2 Å². The lowest BCUT2D eigenvalue weighted by Gasteiger charge is -2.35. The molecule has 1 N–H and O–H groups in total. The molecule has 0 aliphatic heterocycles. The Morgan fingerprint density at radius 1 is 0.848 bits per heavy atom. The highest BCUT2D eigenvalue weighted by atomic mass is 35.5. The molecule has 2 amide bonds. The highest BCUT2D eigenvalue weighted by molar-refractivity contribution is 7.92. The number of halogens is 1. The van der Waals surface area contributed by atoms with Crippen LogP contribution in [0.25, 0.3) is 0 Å². The summed E-state index contributed by atoms with van der Waals surface area (Å²) in [5.74, 6) is -0.345. The third-order valence-electron chi connectivity index (χ3n) is 7.06. The fourth-order valence-electron chi connectivity index (χ4n) is 4.96. The van der Waals surface area contributed by atoms with Gasteiger partial charge in [-0.1, -0.05) is 72.3 Å². The van der Waals surface area contributed by atoms with Crippen molar-refractivity contribution in [1.29, 1.82) is 0 Å². The van der Waals surface area contributed by atoms with E-state index in [2.05, 4.69) is 5.32 Å². The van der Waals surface area contributed by atoms with Gasteiger partial charge in [0.25, 0.3) is 10.0 Å². The molecule has 0 aromatic heterocycles. The number of amides is 2. The minimum absolute atomic E-state index is 0.0248. The zero-order chi connectivity index (χ0) is 33.3. The van der Waals surface area contributed by atoms with Crippen LogP contribution in [0, 0.1) is 0 Å². The molecule has 1 atom stereocenters. The van der Waals surface area contributed by atoms with Crippen LogP contribution in [0.3, 0.4) is 0 Å². The van der Waals surface area contributed by atoms with E-state index in [0.717, 1.165) is 9.87 Å². The SMILES string of the molecule is CCOc1ccc(N(CC(=O)N(Cc2cccc(Cl)c2)[C@@H](Cc2ccccc2)C(=O)NC(C)(C)C)S(=O)(=O)c2ccccc2)cc1. The average Bonchev–Trinajstić information content (AvgIpc) is 3.02. The van der Waals surface area contributed by atoms with Crippen LogP contribution >= 0.6 is 11.6 Å². The van der Waals surface area contributed by atoms with Crippen molar-refractivity contribution in [2.24, 2.45) is 0 Å². The molecular weight excluding hydrogens is 622 g/mol. The van der Waals surface area contributed by atoms with Crippen molar-refractivity contribution >= 4 is 39.1 Å². The van der Waals surface area contributed by atoms with Crippen LogP contribution < -0.4 is 14.4 Å². The minimum Gasteiger partial charge on any atom is -0.494 e. The first-order valence-corrected chi connectivity index (χ1v) is 16.9. The zero-order valence-electron chi connectivity index (χ0n) is 26.5. The molecule has 4 rings (SSSR count). The number of sulfonamides is 1. The van der Waals surface area contributed by atoms with Gasteiger partial charge < -0.3 is 15.0 Å². The number of nitrogens with one attached hydrogen (secondary N) is 1. The van der Waals surface area contributed by atoms with E-state index in [1.54, 1.807) is 60.7 Å². The lowest BCUT2D eigenvalue weighted by molar-refractivity contribution is -0.140. The molecule has 0 bridgehead atoms. The Bertz CT molecular complexity index is 1710. The van der Waals surface area contributed by atoms with Gasteiger partial charge in [0, 0.05) is 23.5 Å². The van der Waals surface area contributed by atoms with Crippen molar-refractivity contribution in [3.63, 3.8) is 0 Å². The van der Waals surface area contributed by atoms with Gasteiger partial charge in [0.15, 0.2) is 0 Å². The molecule has 0 saturated heterocycles. The summed E-state index contributed by atoms with van der Waals surface area (Å²) in [5.41, 5.74) is 1.24. The van der Waals surface area contributed by atoms with Crippen LogP contribution in [0.15, 0.2) is 114 Å². The number of hydrogen-bond donors (Lipinski definition) is 1. The Labute approximate surface area is 277 Å². The largest absolute Gasteiger partial charge is 0.494 e. The minimum atomic E-state index is -4.20. The Hall–Kier alpha value is -4.34. The van der Waals surface area contributed by atoms with E-state index in [1.165, 1.54) is 17.0 Å². The van der Waals surface area contributed by atoms with E-state index in [-0.39, 0.29) is 29.5 Å². The number of anilines is 1. The standard InChI is InChI=1S/C36H40ClN3O5S/c1-5-45-31-21-19-30(20-22-31)40(46(43,44)32-17-10-7-11-18-32)26-34(41)39(25-28-15-12-16-29(37)23-28)33(35(42)38-36(2,3)4)24-27-13-8-6-9-14-27/h6-23,33H,5,24-26H2,1-4H3,(H,38,42)/t33-/m0/s1. The van der Waals surface area contributed by atoms with Gasteiger partial charge in [-0.05, 0) is 87.4 Å². The number of carbonyl (C=O) groups is 2. The van der Waals surface area contributed by atoms with Crippen LogP contribution in [-0.4, -0.2) is 49.9 Å². The maximum atomic E-state index is 14.5. The lowest BCUT2D eigenvalue weighted by Crippen LogP contribution is -2.56. The topological polar surface area (TPSA) is 96.0 Å². The summed E-state index contributed by atoms with van der Waals surface area (Å²) >= 11 is 6.31. The summed E-state index contributed by atoms with van der Waals surface area (Å²) in [5, 5.41) is 3.50. The average molecular weight is 662 g/mol. The maximum absolute atomic E-state index is 14.5. The monoisotopic (exact) mass is 661 g/mol. The molecule has 0 spiro atoms. The summed E-state index contributed by atoms with van der Waals surface area (Å²) in [7, 11) is -4.20. The molecule has 4 aromatic carbocycles. The molecule has 0 radical (unpaired) electrons. The normalized spacial score (nSPS) is 12.2. The van der Waals surface area contributed by atoms with E-state index in [1.807, 2.05) is 64.1 Å². The van der Waals surface area contributed by atoms with Crippen molar-refractivity contribution in [2.45, 2.75) is 57.1 Å². The molecule has 4 aromatic rings. The highest BCUT2D eigenvalue weighted by Gasteiger charge is 2.35. The van der Waals surface area contributed by atoms with E-state index < -0.39 is 34.1 Å². The first-order chi connectivity index (χ1) is 21.9. The van der Waals surface area contributed by atoms with E-state index >= 15 is 0 Å². The van der Waals surface area contributed by atoms with Gasteiger partial charge in [0.1, 0.15) is 18.3 Å². The number of hydrogen-bond acceptors (Lipinski definition) is 5. The molecule has 0 heterocycles. The van der Waals surface area contributed by atoms with Crippen molar-refractivity contribution in [3.05, 3.63) is 125 Å². The number of benzene rings is 4. The Morgan fingerprint density at radius 2 is 1.46 bits per heavy atom. The summed E-state index contributed by atoms with van der Waals surface area (Å²) in [4.78, 5) is 30.0. The van der Waals surface area contributed by atoms with Gasteiger partial charge in [-0.25, -0.2) is 8.42 Å². The molecule has 242 valence electrons. The molecule has 46 heavy (non-hydrogen) atoms. The molecular formula is C36H40ClN3O5S. The van der Waals surface area contributed by atoms with E-state index in [9.17, 15) is 18.0 Å². The van der Waals surface area contributed by atoms with Crippen LogP contribution in [0.5, 0.6) is 5.75 Å². The van der Waals surface area contributed by atoms with Gasteiger partial charge in [0.05, 0.1) is 17.2 Å².